The summed E-state index contributed by atoms with van der Waals surface area (Å²) < 4.78 is 5.50. The fourth-order valence-corrected chi connectivity index (χ4v) is 12.0. The Kier molecular flexibility index (Phi) is 70.4. The van der Waals surface area contributed by atoms with Gasteiger partial charge in [0.25, 0.3) is 0 Å². The van der Waals surface area contributed by atoms with Crippen molar-refractivity contribution in [2.75, 3.05) is 13.2 Å². The minimum Gasteiger partial charge on any atom is -0.466 e. The van der Waals surface area contributed by atoms with Crippen LogP contribution in [0, 0.1) is 0 Å². The van der Waals surface area contributed by atoms with Crippen molar-refractivity contribution in [3.05, 3.63) is 24.3 Å². The van der Waals surface area contributed by atoms with Gasteiger partial charge in [0.05, 0.1) is 25.4 Å². The lowest BCUT2D eigenvalue weighted by molar-refractivity contribution is -0.143. The van der Waals surface area contributed by atoms with Crippen LogP contribution in [-0.2, 0) is 14.3 Å². The third-order valence-electron chi connectivity index (χ3n) is 17.7. The summed E-state index contributed by atoms with van der Waals surface area (Å²) in [7, 11) is 0. The Labute approximate surface area is 513 Å². The molecule has 0 heterocycles. The Morgan fingerprint density at radius 3 is 0.866 bits per heavy atom. The number of aliphatic hydroxyl groups excluding tert-OH is 2. The lowest BCUT2D eigenvalue weighted by atomic mass is 10.0. The molecule has 0 radical (unpaired) electrons. The van der Waals surface area contributed by atoms with E-state index in [4.69, 9.17) is 4.74 Å². The number of ether oxygens (including phenoxy) is 1. The smallest absolute Gasteiger partial charge is 0.305 e. The zero-order chi connectivity index (χ0) is 59.2. The number of esters is 1. The van der Waals surface area contributed by atoms with E-state index in [9.17, 15) is 19.8 Å². The highest BCUT2D eigenvalue weighted by atomic mass is 16.5. The molecule has 0 saturated carbocycles. The fourth-order valence-electron chi connectivity index (χ4n) is 12.0. The molecular formula is C76H147NO5. The Morgan fingerprint density at radius 2 is 0.573 bits per heavy atom. The largest absolute Gasteiger partial charge is 0.466 e. The summed E-state index contributed by atoms with van der Waals surface area (Å²) in [5.41, 5.74) is 0. The van der Waals surface area contributed by atoms with Gasteiger partial charge in [0, 0.05) is 12.8 Å². The van der Waals surface area contributed by atoms with Gasteiger partial charge in [0.15, 0.2) is 0 Å². The van der Waals surface area contributed by atoms with Crippen molar-refractivity contribution in [1.29, 1.82) is 0 Å². The average molecular weight is 1160 g/mol. The van der Waals surface area contributed by atoms with E-state index in [0.717, 1.165) is 44.9 Å². The number of amides is 1. The Bertz CT molecular complexity index is 1280. The molecule has 0 aromatic rings. The summed E-state index contributed by atoms with van der Waals surface area (Å²) in [6.07, 6.45) is 91.3. The van der Waals surface area contributed by atoms with E-state index >= 15 is 0 Å². The number of aliphatic hydroxyl groups is 2. The molecule has 486 valence electrons. The zero-order valence-electron chi connectivity index (χ0n) is 55.8. The van der Waals surface area contributed by atoms with Crippen LogP contribution in [0.15, 0.2) is 24.3 Å². The van der Waals surface area contributed by atoms with E-state index in [1.165, 1.54) is 353 Å². The standard InChI is InChI=1S/C76H147NO5/c1-3-5-7-9-11-13-15-17-19-21-22-34-37-40-44-48-52-56-60-64-68-74(79)73(72-78)77-75(80)69-65-61-57-53-49-45-41-38-35-32-30-28-26-24-23-25-27-29-31-33-36-39-43-47-51-55-59-63-67-71-82-76(81)70-66-62-58-54-50-46-42-20-18-16-14-12-10-8-6-4-2/h20,42,64,68,73-74,78-79H,3-19,21-41,43-63,65-67,69-72H2,1-2H3,(H,77,80)/b42-20-,68-64+. The van der Waals surface area contributed by atoms with E-state index in [2.05, 4.69) is 31.3 Å². The van der Waals surface area contributed by atoms with Crippen LogP contribution in [0.4, 0.5) is 0 Å². The van der Waals surface area contributed by atoms with Crippen molar-refractivity contribution in [2.24, 2.45) is 0 Å². The van der Waals surface area contributed by atoms with Crippen molar-refractivity contribution in [2.45, 2.75) is 437 Å². The molecule has 6 nitrogen and oxygen atoms in total. The summed E-state index contributed by atoms with van der Waals surface area (Å²) in [5.74, 6) is -0.0475. The first kappa shape index (κ1) is 80.3. The molecule has 0 aromatic heterocycles. The quantitative estimate of drug-likeness (QED) is 0.0320. The molecule has 1 amide bonds. The number of unbranched alkanes of at least 4 members (excludes halogenated alkanes) is 58. The third-order valence-corrected chi connectivity index (χ3v) is 17.7. The predicted molar refractivity (Wildman–Crippen MR) is 361 cm³/mol. The summed E-state index contributed by atoms with van der Waals surface area (Å²) in [6.45, 7) is 4.94. The van der Waals surface area contributed by atoms with Crippen LogP contribution in [-0.4, -0.2) is 47.4 Å². The molecule has 82 heavy (non-hydrogen) atoms. The van der Waals surface area contributed by atoms with Crippen LogP contribution in [0.25, 0.3) is 0 Å². The normalized spacial score (nSPS) is 12.6. The molecule has 0 aromatic carbocycles. The maximum Gasteiger partial charge on any atom is 0.305 e. The molecule has 6 heteroatoms. The number of allylic oxidation sites excluding steroid dienone is 3. The number of carbonyl (C=O) groups is 2. The van der Waals surface area contributed by atoms with Crippen LogP contribution in [0.5, 0.6) is 0 Å². The van der Waals surface area contributed by atoms with Gasteiger partial charge in [-0.05, 0) is 57.8 Å². The van der Waals surface area contributed by atoms with Gasteiger partial charge in [-0.3, -0.25) is 9.59 Å². The highest BCUT2D eigenvalue weighted by Crippen LogP contribution is 2.19. The number of hydrogen-bond acceptors (Lipinski definition) is 5. The van der Waals surface area contributed by atoms with Gasteiger partial charge >= 0.3 is 5.97 Å². The minimum absolute atomic E-state index is 0.0126. The van der Waals surface area contributed by atoms with Gasteiger partial charge in [-0.1, -0.05) is 378 Å². The van der Waals surface area contributed by atoms with Crippen molar-refractivity contribution < 1.29 is 24.5 Å². The van der Waals surface area contributed by atoms with E-state index in [-0.39, 0.29) is 18.5 Å². The van der Waals surface area contributed by atoms with Gasteiger partial charge < -0.3 is 20.3 Å². The highest BCUT2D eigenvalue weighted by Gasteiger charge is 2.18. The Hall–Kier alpha value is -1.66. The van der Waals surface area contributed by atoms with Crippen molar-refractivity contribution in [3.8, 4) is 0 Å². The number of rotatable bonds is 71. The van der Waals surface area contributed by atoms with Crippen molar-refractivity contribution >= 4 is 11.9 Å². The maximum atomic E-state index is 12.5. The van der Waals surface area contributed by atoms with Crippen molar-refractivity contribution in [1.82, 2.24) is 5.32 Å². The van der Waals surface area contributed by atoms with Crippen LogP contribution < -0.4 is 5.32 Å². The predicted octanol–water partition coefficient (Wildman–Crippen LogP) is 24.5. The SMILES string of the molecule is CCCCCCCCC/C=C\CCCCCCCC(=O)OCCCCCCCCCCCCCCCCCCCCCCCCCCCCCCCC(=O)NC(CO)C(O)/C=C/CCCCCCCCCCCCCCCCCCCC. The topological polar surface area (TPSA) is 95.9 Å². The first-order valence-corrected chi connectivity index (χ1v) is 37.6. The summed E-state index contributed by atoms with van der Waals surface area (Å²) in [5, 5.41) is 23.3. The molecule has 3 N–H and O–H groups in total. The van der Waals surface area contributed by atoms with Crippen LogP contribution in [0.3, 0.4) is 0 Å². The second-order valence-electron chi connectivity index (χ2n) is 26.0. The van der Waals surface area contributed by atoms with Crippen molar-refractivity contribution in [3.63, 3.8) is 0 Å². The third kappa shape index (κ3) is 67.5. The highest BCUT2D eigenvalue weighted by molar-refractivity contribution is 5.76. The Balaban J connectivity index is 3.36. The molecular weight excluding hydrogens is 1010 g/mol. The molecule has 0 aliphatic heterocycles. The lowest BCUT2D eigenvalue weighted by Crippen LogP contribution is -2.45. The molecule has 2 atom stereocenters. The molecule has 0 rings (SSSR count). The first-order chi connectivity index (χ1) is 40.5. The van der Waals surface area contributed by atoms with Gasteiger partial charge in [0.1, 0.15) is 0 Å². The minimum atomic E-state index is -0.843. The van der Waals surface area contributed by atoms with Gasteiger partial charge in [-0.15, -0.1) is 0 Å². The molecule has 0 saturated heterocycles. The monoisotopic (exact) mass is 1150 g/mol. The first-order valence-electron chi connectivity index (χ1n) is 37.6. The molecule has 0 aliphatic carbocycles. The van der Waals surface area contributed by atoms with E-state index in [1.807, 2.05) is 6.08 Å². The molecule has 0 aliphatic rings. The Morgan fingerprint density at radius 1 is 0.329 bits per heavy atom. The van der Waals surface area contributed by atoms with Gasteiger partial charge in [-0.2, -0.15) is 0 Å². The van der Waals surface area contributed by atoms with E-state index in [0.29, 0.717) is 19.4 Å². The second kappa shape index (κ2) is 71.8. The van der Waals surface area contributed by atoms with Crippen LogP contribution >= 0.6 is 0 Å². The number of carbonyl (C=O) groups excluding carboxylic acids is 2. The molecule has 0 fully saturated rings. The fraction of sp³-hybridized carbons (Fsp3) is 0.921. The molecule has 2 unspecified atom stereocenters. The number of hydrogen-bond donors (Lipinski definition) is 3. The number of nitrogens with one attached hydrogen (secondary N) is 1. The summed E-state index contributed by atoms with van der Waals surface area (Å²) >= 11 is 0. The van der Waals surface area contributed by atoms with Gasteiger partial charge in [0.2, 0.25) is 5.91 Å². The summed E-state index contributed by atoms with van der Waals surface area (Å²) in [6, 6.07) is -0.626. The average Bonchev–Trinajstić information content (AvgIpc) is 3.48. The van der Waals surface area contributed by atoms with Crippen LogP contribution in [0.2, 0.25) is 0 Å². The molecule has 0 bridgehead atoms. The summed E-state index contributed by atoms with van der Waals surface area (Å²) in [4.78, 5) is 24.6. The zero-order valence-corrected chi connectivity index (χ0v) is 55.8. The van der Waals surface area contributed by atoms with Crippen LogP contribution in [0.1, 0.15) is 425 Å². The maximum absolute atomic E-state index is 12.5. The van der Waals surface area contributed by atoms with Gasteiger partial charge in [-0.25, -0.2) is 0 Å². The van der Waals surface area contributed by atoms with E-state index < -0.39 is 12.1 Å². The lowest BCUT2D eigenvalue weighted by Gasteiger charge is -2.20. The van der Waals surface area contributed by atoms with E-state index in [1.54, 1.807) is 6.08 Å². The molecule has 0 spiro atoms. The second-order valence-corrected chi connectivity index (χ2v) is 26.0.